The summed E-state index contributed by atoms with van der Waals surface area (Å²) in [5, 5.41) is 9.34. The number of carbonyl (C=O) groups is 2. The van der Waals surface area contributed by atoms with Crippen molar-refractivity contribution in [2.75, 3.05) is 32.7 Å². The zero-order chi connectivity index (χ0) is 13.9. The van der Waals surface area contributed by atoms with Gasteiger partial charge in [0.2, 0.25) is 5.91 Å². The summed E-state index contributed by atoms with van der Waals surface area (Å²) in [6.07, 6.45) is 4.22. The lowest BCUT2D eigenvalue weighted by Gasteiger charge is -2.38. The molecule has 2 rings (SSSR count). The lowest BCUT2D eigenvalue weighted by molar-refractivity contribution is -0.152. The van der Waals surface area contributed by atoms with Gasteiger partial charge in [0.1, 0.15) is 0 Å². The third-order valence-corrected chi connectivity index (χ3v) is 4.76. The number of amides is 1. The molecular weight excluding hydrogens is 244 g/mol. The largest absolute Gasteiger partial charge is 0.481 e. The van der Waals surface area contributed by atoms with Crippen LogP contribution in [0, 0.1) is 5.41 Å². The van der Waals surface area contributed by atoms with Crippen LogP contribution in [-0.4, -0.2) is 59.5 Å². The Morgan fingerprint density at radius 3 is 2.16 bits per heavy atom. The molecule has 2 aliphatic heterocycles. The Hall–Kier alpha value is -1.10. The van der Waals surface area contributed by atoms with Crippen molar-refractivity contribution in [3.05, 3.63) is 0 Å². The number of carbonyl (C=O) groups excluding carboxylic acids is 1. The first-order valence-corrected chi connectivity index (χ1v) is 7.31. The first kappa shape index (κ1) is 14.3. The molecule has 0 bridgehead atoms. The summed E-state index contributed by atoms with van der Waals surface area (Å²) >= 11 is 0. The van der Waals surface area contributed by atoms with Crippen LogP contribution in [0.25, 0.3) is 0 Å². The molecule has 0 atom stereocenters. The normalized spacial score (nSPS) is 23.5. The number of piperidine rings is 1. The maximum absolute atomic E-state index is 12.0. The molecule has 0 radical (unpaired) electrons. The van der Waals surface area contributed by atoms with Crippen molar-refractivity contribution in [1.29, 1.82) is 0 Å². The van der Waals surface area contributed by atoms with E-state index in [9.17, 15) is 14.7 Å². The molecule has 0 spiro atoms. The van der Waals surface area contributed by atoms with Gasteiger partial charge in [-0.25, -0.2) is 0 Å². The molecule has 0 aliphatic carbocycles. The van der Waals surface area contributed by atoms with Gasteiger partial charge in [-0.3, -0.25) is 14.5 Å². The number of carboxylic acids is 1. The van der Waals surface area contributed by atoms with E-state index < -0.39 is 11.4 Å². The first-order chi connectivity index (χ1) is 9.07. The van der Waals surface area contributed by atoms with E-state index in [1.165, 1.54) is 0 Å². The van der Waals surface area contributed by atoms with Gasteiger partial charge in [0.25, 0.3) is 0 Å². The van der Waals surface area contributed by atoms with Crippen molar-refractivity contribution in [3.63, 3.8) is 0 Å². The highest BCUT2D eigenvalue weighted by Crippen LogP contribution is 2.35. The van der Waals surface area contributed by atoms with Gasteiger partial charge in [0.05, 0.1) is 12.0 Å². The second kappa shape index (κ2) is 5.90. The standard InChI is InChI=1S/C14H24N2O3/c1-2-14(13(18)19)5-9-15(10-6-14)11-12(17)16-7-3-4-8-16/h2-11H2,1H3,(H,18,19). The van der Waals surface area contributed by atoms with Gasteiger partial charge in [-0.05, 0) is 45.2 Å². The zero-order valence-corrected chi connectivity index (χ0v) is 11.7. The Morgan fingerprint density at radius 2 is 1.68 bits per heavy atom. The number of aliphatic carboxylic acids is 1. The molecule has 0 aromatic rings. The van der Waals surface area contributed by atoms with E-state index in [2.05, 4.69) is 4.90 Å². The lowest BCUT2D eigenvalue weighted by Crippen LogP contribution is -2.47. The number of nitrogens with zero attached hydrogens (tertiary/aromatic N) is 2. The van der Waals surface area contributed by atoms with Crippen LogP contribution < -0.4 is 0 Å². The van der Waals surface area contributed by atoms with Crippen LogP contribution in [0.1, 0.15) is 39.0 Å². The third-order valence-electron chi connectivity index (χ3n) is 4.76. The maximum atomic E-state index is 12.0. The molecule has 19 heavy (non-hydrogen) atoms. The molecular formula is C14H24N2O3. The minimum absolute atomic E-state index is 0.205. The third kappa shape index (κ3) is 3.08. The van der Waals surface area contributed by atoms with Crippen molar-refractivity contribution in [3.8, 4) is 0 Å². The quantitative estimate of drug-likeness (QED) is 0.832. The minimum atomic E-state index is -0.680. The number of likely N-dealkylation sites (tertiary alicyclic amines) is 2. The van der Waals surface area contributed by atoms with Gasteiger partial charge in [-0.2, -0.15) is 0 Å². The first-order valence-electron chi connectivity index (χ1n) is 7.31. The molecule has 108 valence electrons. The number of carboxylic acid groups (broad SMARTS) is 1. The minimum Gasteiger partial charge on any atom is -0.481 e. The molecule has 2 saturated heterocycles. The zero-order valence-electron chi connectivity index (χ0n) is 11.7. The Balaban J connectivity index is 1.83. The van der Waals surface area contributed by atoms with E-state index in [-0.39, 0.29) is 5.91 Å². The van der Waals surface area contributed by atoms with Crippen molar-refractivity contribution in [1.82, 2.24) is 9.80 Å². The average molecular weight is 268 g/mol. The lowest BCUT2D eigenvalue weighted by atomic mass is 9.76. The fraction of sp³-hybridized carbons (Fsp3) is 0.857. The Bertz CT molecular complexity index is 343. The summed E-state index contributed by atoms with van der Waals surface area (Å²) in [6, 6.07) is 0. The van der Waals surface area contributed by atoms with Gasteiger partial charge < -0.3 is 10.0 Å². The Morgan fingerprint density at radius 1 is 1.11 bits per heavy atom. The van der Waals surface area contributed by atoms with E-state index in [0.717, 1.165) is 39.0 Å². The summed E-state index contributed by atoms with van der Waals surface area (Å²) < 4.78 is 0. The summed E-state index contributed by atoms with van der Waals surface area (Å²) in [4.78, 5) is 27.4. The average Bonchev–Trinajstić information content (AvgIpc) is 2.93. The van der Waals surface area contributed by atoms with Crippen LogP contribution in [0.2, 0.25) is 0 Å². The second-order valence-electron chi connectivity index (χ2n) is 5.80. The van der Waals surface area contributed by atoms with Gasteiger partial charge in [-0.15, -0.1) is 0 Å². The van der Waals surface area contributed by atoms with Crippen LogP contribution in [0.5, 0.6) is 0 Å². The fourth-order valence-electron chi connectivity index (χ4n) is 3.12. The topological polar surface area (TPSA) is 60.9 Å². The van der Waals surface area contributed by atoms with Crippen LogP contribution >= 0.6 is 0 Å². The van der Waals surface area contributed by atoms with E-state index >= 15 is 0 Å². The molecule has 0 unspecified atom stereocenters. The molecule has 5 nitrogen and oxygen atoms in total. The van der Waals surface area contributed by atoms with Gasteiger partial charge >= 0.3 is 5.97 Å². The highest BCUT2D eigenvalue weighted by atomic mass is 16.4. The fourth-order valence-corrected chi connectivity index (χ4v) is 3.12. The molecule has 0 aromatic carbocycles. The predicted molar refractivity (Wildman–Crippen MR) is 71.8 cm³/mol. The van der Waals surface area contributed by atoms with Gasteiger partial charge in [-0.1, -0.05) is 6.92 Å². The van der Waals surface area contributed by atoms with Crippen LogP contribution in [0.15, 0.2) is 0 Å². The van der Waals surface area contributed by atoms with Gasteiger partial charge in [0, 0.05) is 13.1 Å². The molecule has 2 heterocycles. The summed E-state index contributed by atoms with van der Waals surface area (Å²) in [5.41, 5.74) is -0.562. The maximum Gasteiger partial charge on any atom is 0.309 e. The van der Waals surface area contributed by atoms with Crippen molar-refractivity contribution in [2.24, 2.45) is 5.41 Å². The smallest absolute Gasteiger partial charge is 0.309 e. The summed E-state index contributed by atoms with van der Waals surface area (Å²) in [6.45, 7) is 5.62. The number of rotatable bonds is 4. The highest BCUT2D eigenvalue weighted by molar-refractivity contribution is 5.78. The Kier molecular flexibility index (Phi) is 4.45. The van der Waals surface area contributed by atoms with E-state index in [1.54, 1.807) is 0 Å². The van der Waals surface area contributed by atoms with Crippen LogP contribution in [-0.2, 0) is 9.59 Å². The molecule has 2 aliphatic rings. The SMILES string of the molecule is CCC1(C(=O)O)CCN(CC(=O)N2CCCC2)CC1. The molecule has 1 N–H and O–H groups in total. The van der Waals surface area contributed by atoms with Crippen molar-refractivity contribution < 1.29 is 14.7 Å². The van der Waals surface area contributed by atoms with E-state index in [0.29, 0.717) is 25.8 Å². The van der Waals surface area contributed by atoms with Crippen molar-refractivity contribution in [2.45, 2.75) is 39.0 Å². The molecule has 0 saturated carbocycles. The van der Waals surface area contributed by atoms with Crippen LogP contribution in [0.4, 0.5) is 0 Å². The molecule has 1 amide bonds. The predicted octanol–water partition coefficient (Wildman–Crippen LogP) is 1.19. The summed E-state index contributed by atoms with van der Waals surface area (Å²) in [7, 11) is 0. The molecule has 2 fully saturated rings. The van der Waals surface area contributed by atoms with E-state index in [1.807, 2.05) is 11.8 Å². The highest BCUT2D eigenvalue weighted by Gasteiger charge is 2.40. The van der Waals surface area contributed by atoms with Gasteiger partial charge in [0.15, 0.2) is 0 Å². The second-order valence-corrected chi connectivity index (χ2v) is 5.80. The molecule has 5 heteroatoms. The summed E-state index contributed by atoms with van der Waals surface area (Å²) in [5.74, 6) is -0.475. The van der Waals surface area contributed by atoms with E-state index in [4.69, 9.17) is 0 Å². The number of hydrogen-bond acceptors (Lipinski definition) is 3. The monoisotopic (exact) mass is 268 g/mol. The van der Waals surface area contributed by atoms with Crippen molar-refractivity contribution >= 4 is 11.9 Å². The number of hydrogen-bond donors (Lipinski definition) is 1. The van der Waals surface area contributed by atoms with Crippen LogP contribution in [0.3, 0.4) is 0 Å². The molecule has 0 aromatic heterocycles. The Labute approximate surface area is 114 Å².